The van der Waals surface area contributed by atoms with E-state index >= 15 is 0 Å². The van der Waals surface area contributed by atoms with E-state index in [9.17, 15) is 5.11 Å². The number of aliphatic hydroxyl groups excluding tert-OH is 1. The van der Waals surface area contributed by atoms with Crippen molar-refractivity contribution < 1.29 is 5.11 Å². The summed E-state index contributed by atoms with van der Waals surface area (Å²) < 4.78 is 0. The van der Waals surface area contributed by atoms with Gasteiger partial charge in [0.25, 0.3) is 0 Å². The molecule has 0 spiro atoms. The van der Waals surface area contributed by atoms with E-state index in [0.29, 0.717) is 17.4 Å². The molecule has 5 atom stereocenters. The fourth-order valence-corrected chi connectivity index (χ4v) is 4.49. The molecule has 0 heterocycles. The predicted octanol–water partition coefficient (Wildman–Crippen LogP) is 3.47. The second kappa shape index (κ2) is 2.85. The lowest BCUT2D eigenvalue weighted by Gasteiger charge is -2.36. The first-order valence-electron chi connectivity index (χ1n) is 6.94. The zero-order chi connectivity index (χ0) is 11.8. The molecule has 3 aliphatic carbocycles. The van der Waals surface area contributed by atoms with E-state index in [0.717, 1.165) is 17.8 Å². The van der Waals surface area contributed by atoms with Crippen LogP contribution in [0.3, 0.4) is 0 Å². The summed E-state index contributed by atoms with van der Waals surface area (Å²) in [6.45, 7) is 10.1. The number of hydrogen-bond donors (Lipinski definition) is 1. The van der Waals surface area contributed by atoms with E-state index in [-0.39, 0.29) is 5.41 Å². The Morgan fingerprint density at radius 3 is 2.19 bits per heavy atom. The zero-order valence-electron chi connectivity index (χ0n) is 11.2. The first kappa shape index (κ1) is 11.1. The summed E-state index contributed by atoms with van der Waals surface area (Å²) in [4.78, 5) is 0. The molecule has 1 heteroatoms. The number of rotatable bonds is 3. The molecule has 16 heavy (non-hydrogen) atoms. The Bertz CT molecular complexity index is 321. The van der Waals surface area contributed by atoms with Gasteiger partial charge in [-0.3, -0.25) is 0 Å². The highest BCUT2D eigenvalue weighted by atomic mass is 16.3. The second-order valence-corrected chi connectivity index (χ2v) is 7.92. The topological polar surface area (TPSA) is 20.2 Å². The first-order chi connectivity index (χ1) is 7.33. The molecule has 1 N–H and O–H groups in total. The Labute approximate surface area is 99.6 Å². The SMILES string of the molecule is CC1(CO)CC1CC1CC2CC2(C)C1(C)C. The molecule has 0 aliphatic heterocycles. The summed E-state index contributed by atoms with van der Waals surface area (Å²) in [5.41, 5.74) is 1.47. The lowest BCUT2D eigenvalue weighted by Crippen LogP contribution is -2.28. The molecule has 0 bridgehead atoms. The van der Waals surface area contributed by atoms with Crippen LogP contribution in [-0.2, 0) is 0 Å². The summed E-state index contributed by atoms with van der Waals surface area (Å²) in [5.74, 6) is 2.74. The highest BCUT2D eigenvalue weighted by Crippen LogP contribution is 2.75. The van der Waals surface area contributed by atoms with Gasteiger partial charge in [-0.1, -0.05) is 27.7 Å². The fourth-order valence-electron chi connectivity index (χ4n) is 4.49. The summed E-state index contributed by atoms with van der Waals surface area (Å²) >= 11 is 0. The van der Waals surface area contributed by atoms with Crippen LogP contribution in [0.5, 0.6) is 0 Å². The molecule has 3 aliphatic rings. The van der Waals surface area contributed by atoms with E-state index in [1.165, 1.54) is 25.7 Å². The fraction of sp³-hybridized carbons (Fsp3) is 1.00. The van der Waals surface area contributed by atoms with Gasteiger partial charge in [0.1, 0.15) is 0 Å². The zero-order valence-corrected chi connectivity index (χ0v) is 11.2. The quantitative estimate of drug-likeness (QED) is 0.775. The van der Waals surface area contributed by atoms with Gasteiger partial charge in [-0.2, -0.15) is 0 Å². The third kappa shape index (κ3) is 1.21. The van der Waals surface area contributed by atoms with Crippen LogP contribution in [0.1, 0.15) is 53.4 Å². The van der Waals surface area contributed by atoms with Gasteiger partial charge in [-0.05, 0) is 59.7 Å². The molecule has 0 amide bonds. The average molecular weight is 222 g/mol. The molecule has 0 radical (unpaired) electrons. The molecular formula is C15H26O. The van der Waals surface area contributed by atoms with Gasteiger partial charge in [0.2, 0.25) is 0 Å². The molecule has 0 aromatic heterocycles. The van der Waals surface area contributed by atoms with Gasteiger partial charge >= 0.3 is 0 Å². The van der Waals surface area contributed by atoms with Crippen molar-refractivity contribution in [3.63, 3.8) is 0 Å². The second-order valence-electron chi connectivity index (χ2n) is 7.92. The molecule has 5 unspecified atom stereocenters. The molecular weight excluding hydrogens is 196 g/mol. The summed E-state index contributed by atoms with van der Waals surface area (Å²) in [5, 5.41) is 9.35. The van der Waals surface area contributed by atoms with E-state index in [1.807, 2.05) is 0 Å². The van der Waals surface area contributed by atoms with Crippen molar-refractivity contribution in [1.29, 1.82) is 0 Å². The lowest BCUT2D eigenvalue weighted by molar-refractivity contribution is 0.126. The van der Waals surface area contributed by atoms with Crippen molar-refractivity contribution in [3.05, 3.63) is 0 Å². The monoisotopic (exact) mass is 222 g/mol. The third-order valence-corrected chi connectivity index (χ3v) is 6.94. The van der Waals surface area contributed by atoms with Gasteiger partial charge in [0, 0.05) is 6.61 Å². The smallest absolute Gasteiger partial charge is 0.0487 e. The van der Waals surface area contributed by atoms with Crippen LogP contribution in [0.2, 0.25) is 0 Å². The summed E-state index contributed by atoms with van der Waals surface area (Å²) in [7, 11) is 0. The maximum Gasteiger partial charge on any atom is 0.0487 e. The van der Waals surface area contributed by atoms with Crippen LogP contribution >= 0.6 is 0 Å². The normalized spacial score (nSPS) is 57.2. The Balaban J connectivity index is 1.66. The molecule has 1 nitrogen and oxygen atoms in total. The average Bonchev–Trinajstić information content (AvgIpc) is 3.03. The van der Waals surface area contributed by atoms with Crippen LogP contribution in [0, 0.1) is 34.0 Å². The number of hydrogen-bond acceptors (Lipinski definition) is 1. The molecule has 3 fully saturated rings. The maximum atomic E-state index is 9.35. The van der Waals surface area contributed by atoms with Crippen molar-refractivity contribution in [3.8, 4) is 0 Å². The van der Waals surface area contributed by atoms with Crippen molar-refractivity contribution >= 4 is 0 Å². The summed E-state index contributed by atoms with van der Waals surface area (Å²) in [6.07, 6.45) is 5.56. The van der Waals surface area contributed by atoms with Crippen LogP contribution in [0.4, 0.5) is 0 Å². The molecule has 3 saturated carbocycles. The van der Waals surface area contributed by atoms with E-state index in [1.54, 1.807) is 0 Å². The van der Waals surface area contributed by atoms with Crippen molar-refractivity contribution in [1.82, 2.24) is 0 Å². The maximum absolute atomic E-state index is 9.35. The van der Waals surface area contributed by atoms with Crippen molar-refractivity contribution in [2.75, 3.05) is 6.61 Å². The minimum atomic E-state index is 0.282. The van der Waals surface area contributed by atoms with Crippen LogP contribution < -0.4 is 0 Å². The number of fused-ring (bicyclic) bond motifs is 1. The first-order valence-corrected chi connectivity index (χ1v) is 6.94. The standard InChI is InChI=1S/C15H26O/c1-13(2)10(6-12-8-15(12,13)4)5-11-7-14(11,3)9-16/h10-12,16H,5-9H2,1-4H3. The Hall–Kier alpha value is -0.0400. The van der Waals surface area contributed by atoms with Gasteiger partial charge in [0.15, 0.2) is 0 Å². The van der Waals surface area contributed by atoms with E-state index < -0.39 is 0 Å². The Morgan fingerprint density at radius 1 is 1.06 bits per heavy atom. The minimum absolute atomic E-state index is 0.282. The highest BCUT2D eigenvalue weighted by molar-refractivity contribution is 5.16. The van der Waals surface area contributed by atoms with Gasteiger partial charge in [-0.15, -0.1) is 0 Å². The van der Waals surface area contributed by atoms with E-state index in [4.69, 9.17) is 0 Å². The van der Waals surface area contributed by atoms with Crippen molar-refractivity contribution in [2.24, 2.45) is 34.0 Å². The third-order valence-electron chi connectivity index (χ3n) is 6.94. The summed E-state index contributed by atoms with van der Waals surface area (Å²) in [6, 6.07) is 0. The number of aliphatic hydroxyl groups is 1. The van der Waals surface area contributed by atoms with Gasteiger partial charge < -0.3 is 5.11 Å². The molecule has 92 valence electrons. The Kier molecular flexibility index (Phi) is 1.98. The Morgan fingerprint density at radius 2 is 1.75 bits per heavy atom. The van der Waals surface area contributed by atoms with Gasteiger partial charge in [-0.25, -0.2) is 0 Å². The lowest BCUT2D eigenvalue weighted by atomic mass is 9.69. The van der Waals surface area contributed by atoms with Crippen LogP contribution in [-0.4, -0.2) is 11.7 Å². The largest absolute Gasteiger partial charge is 0.396 e. The predicted molar refractivity (Wildman–Crippen MR) is 66.0 cm³/mol. The molecule has 3 rings (SSSR count). The van der Waals surface area contributed by atoms with Gasteiger partial charge in [0.05, 0.1) is 0 Å². The van der Waals surface area contributed by atoms with E-state index in [2.05, 4.69) is 27.7 Å². The minimum Gasteiger partial charge on any atom is -0.396 e. The molecule has 0 aromatic carbocycles. The van der Waals surface area contributed by atoms with Crippen LogP contribution in [0.25, 0.3) is 0 Å². The molecule has 0 aromatic rings. The highest BCUT2D eigenvalue weighted by Gasteiger charge is 2.68. The van der Waals surface area contributed by atoms with Crippen molar-refractivity contribution in [2.45, 2.75) is 53.4 Å². The molecule has 0 saturated heterocycles. The van der Waals surface area contributed by atoms with Crippen LogP contribution in [0.15, 0.2) is 0 Å².